The van der Waals surface area contributed by atoms with E-state index in [0.29, 0.717) is 23.1 Å². The predicted molar refractivity (Wildman–Crippen MR) is 154 cm³/mol. The predicted octanol–water partition coefficient (Wildman–Crippen LogP) is 5.06. The molecule has 41 heavy (non-hydrogen) atoms. The largest absolute Gasteiger partial charge is 0.497 e. The van der Waals surface area contributed by atoms with E-state index in [4.69, 9.17) is 15.2 Å². The molecule has 0 bridgehead atoms. The normalized spacial score (nSPS) is 19.8. The van der Waals surface area contributed by atoms with E-state index in [9.17, 15) is 9.50 Å². The summed E-state index contributed by atoms with van der Waals surface area (Å²) in [7, 11) is 1.63. The molecule has 0 unspecified atom stereocenters. The number of hydrogen-bond acceptors (Lipinski definition) is 7. The highest BCUT2D eigenvalue weighted by atomic mass is 19.1. The van der Waals surface area contributed by atoms with Crippen LogP contribution in [0.15, 0.2) is 109 Å². The number of nitrogens with two attached hydrogens (primary N) is 1. The maximum atomic E-state index is 14.6. The lowest BCUT2D eigenvalue weighted by Crippen LogP contribution is -2.47. The smallest absolute Gasteiger partial charge is 0.165 e. The van der Waals surface area contributed by atoms with Gasteiger partial charge in [-0.1, -0.05) is 72.8 Å². The molecule has 3 atom stereocenters. The molecular formula is C32H30FN5O3. The molecule has 0 spiro atoms. The second-order valence-corrected chi connectivity index (χ2v) is 10.0. The van der Waals surface area contributed by atoms with Gasteiger partial charge in [0.05, 0.1) is 32.4 Å². The van der Waals surface area contributed by atoms with Crippen molar-refractivity contribution in [2.45, 2.75) is 11.6 Å². The Bertz CT molecular complexity index is 1620. The fourth-order valence-electron chi connectivity index (χ4n) is 5.98. The van der Waals surface area contributed by atoms with E-state index in [2.05, 4.69) is 15.0 Å². The Morgan fingerprint density at radius 2 is 1.56 bits per heavy atom. The van der Waals surface area contributed by atoms with Gasteiger partial charge in [0, 0.05) is 18.4 Å². The highest BCUT2D eigenvalue weighted by Crippen LogP contribution is 2.51. The van der Waals surface area contributed by atoms with Crippen LogP contribution in [-0.2, 0) is 10.3 Å². The summed E-state index contributed by atoms with van der Waals surface area (Å²) < 4.78 is 28.7. The van der Waals surface area contributed by atoms with Crippen LogP contribution in [0.3, 0.4) is 0 Å². The summed E-state index contributed by atoms with van der Waals surface area (Å²) in [6.45, 7) is -0.0282. The first-order valence-corrected chi connectivity index (χ1v) is 13.4. The van der Waals surface area contributed by atoms with Crippen molar-refractivity contribution in [2.75, 3.05) is 26.1 Å². The Morgan fingerprint density at radius 3 is 2.15 bits per heavy atom. The Labute approximate surface area is 236 Å². The second-order valence-electron chi connectivity index (χ2n) is 10.0. The molecule has 0 amide bonds. The van der Waals surface area contributed by atoms with Crippen LogP contribution >= 0.6 is 0 Å². The topological polar surface area (TPSA) is 108 Å². The molecule has 1 fully saturated rings. The summed E-state index contributed by atoms with van der Waals surface area (Å²) in [5, 5.41) is 10.5. The first-order chi connectivity index (χ1) is 20.1. The van der Waals surface area contributed by atoms with Gasteiger partial charge in [-0.15, -0.1) is 0 Å². The van der Waals surface area contributed by atoms with E-state index in [-0.39, 0.29) is 24.9 Å². The number of benzene rings is 3. The van der Waals surface area contributed by atoms with Gasteiger partial charge < -0.3 is 24.9 Å². The molecule has 208 valence electrons. The minimum atomic E-state index is -1.01. The Kier molecular flexibility index (Phi) is 7.21. The molecule has 0 saturated heterocycles. The zero-order valence-corrected chi connectivity index (χ0v) is 22.5. The molecule has 1 aliphatic carbocycles. The molecule has 8 nitrogen and oxygen atoms in total. The van der Waals surface area contributed by atoms with Crippen LogP contribution in [0.2, 0.25) is 0 Å². The van der Waals surface area contributed by atoms with Crippen LogP contribution in [0.4, 0.5) is 10.2 Å². The van der Waals surface area contributed by atoms with Gasteiger partial charge in [-0.2, -0.15) is 0 Å². The van der Waals surface area contributed by atoms with Crippen molar-refractivity contribution in [3.05, 3.63) is 126 Å². The number of imidazole rings is 1. The van der Waals surface area contributed by atoms with Gasteiger partial charge in [0.1, 0.15) is 23.2 Å². The number of nitrogens with zero attached hydrogens (tertiary/aromatic N) is 4. The van der Waals surface area contributed by atoms with Crippen LogP contribution in [0, 0.1) is 11.8 Å². The Morgan fingerprint density at radius 1 is 0.927 bits per heavy atom. The van der Waals surface area contributed by atoms with Gasteiger partial charge in [-0.05, 0) is 34.4 Å². The van der Waals surface area contributed by atoms with E-state index in [0.717, 1.165) is 22.4 Å². The van der Waals surface area contributed by atoms with Crippen molar-refractivity contribution in [1.82, 2.24) is 19.5 Å². The number of halogens is 1. The number of rotatable bonds is 9. The lowest BCUT2D eigenvalue weighted by Gasteiger charge is -2.48. The first-order valence-electron chi connectivity index (χ1n) is 13.4. The summed E-state index contributed by atoms with van der Waals surface area (Å²) in [6.07, 6.45) is 3.53. The highest BCUT2D eigenvalue weighted by molar-refractivity contribution is 5.81. The Balaban J connectivity index is 1.40. The van der Waals surface area contributed by atoms with E-state index >= 15 is 0 Å². The average Bonchev–Trinajstić information content (AvgIpc) is 3.45. The zero-order chi connectivity index (χ0) is 28.4. The molecule has 2 aromatic heterocycles. The maximum Gasteiger partial charge on any atom is 0.165 e. The minimum absolute atomic E-state index is 0.150. The number of nitrogen functional groups attached to an aromatic ring is 1. The van der Waals surface area contributed by atoms with Crippen LogP contribution in [0.25, 0.3) is 11.2 Å². The Hall–Kier alpha value is -4.60. The van der Waals surface area contributed by atoms with Gasteiger partial charge in [-0.25, -0.2) is 19.3 Å². The number of aromatic nitrogens is 4. The highest BCUT2D eigenvalue weighted by Gasteiger charge is 2.49. The molecule has 5 aromatic rings. The van der Waals surface area contributed by atoms with Gasteiger partial charge >= 0.3 is 0 Å². The number of ether oxygens (including phenoxy) is 2. The zero-order valence-electron chi connectivity index (χ0n) is 22.5. The number of aliphatic hydroxyl groups is 1. The number of hydrogen-bond donors (Lipinski definition) is 2. The molecule has 0 radical (unpaired) electrons. The summed E-state index contributed by atoms with van der Waals surface area (Å²) >= 11 is 0. The van der Waals surface area contributed by atoms with E-state index in [1.807, 2.05) is 84.9 Å². The molecule has 0 aliphatic heterocycles. The van der Waals surface area contributed by atoms with Crippen molar-refractivity contribution >= 4 is 17.0 Å². The summed E-state index contributed by atoms with van der Waals surface area (Å²) in [4.78, 5) is 12.7. The molecule has 3 N–H and O–H groups in total. The lowest BCUT2D eigenvalue weighted by atomic mass is 9.65. The number of anilines is 1. The summed E-state index contributed by atoms with van der Waals surface area (Å²) in [5.41, 5.74) is 9.12. The molecule has 6 rings (SSSR count). The summed E-state index contributed by atoms with van der Waals surface area (Å²) in [6, 6.07) is 27.2. The van der Waals surface area contributed by atoms with Gasteiger partial charge in [0.15, 0.2) is 11.5 Å². The standard InChI is InChI=1S/C32H30FN5O3/c1-40-24-14-12-23(13-15-24)32(21-8-4-2-5-9-21,22-10-6-3-7-11-22)41-18-27-25(16-33)29(26(27)17-39)38-20-37-28-30(34)35-19-36-31(28)38/h2-16,19-20,26-27,29,39H,17-18H2,1H3,(H2,34,35,36)/b25-16+/t26-,27+,29-/m1/s1. The molecule has 1 aliphatic rings. The SMILES string of the molecule is COc1ccc(C(OC[C@H]2/C(=C\F)[C@@H](n3cnc4c(N)ncnc43)[C@@H]2CO)(c2ccccc2)c2ccccc2)cc1. The maximum absolute atomic E-state index is 14.6. The number of methoxy groups -OCH3 is 1. The van der Waals surface area contributed by atoms with Crippen LogP contribution < -0.4 is 10.5 Å². The number of aliphatic hydroxyl groups excluding tert-OH is 1. The molecule has 3 aromatic carbocycles. The van der Waals surface area contributed by atoms with Crippen LogP contribution in [0.1, 0.15) is 22.7 Å². The molecule has 2 heterocycles. The average molecular weight is 552 g/mol. The minimum Gasteiger partial charge on any atom is -0.497 e. The van der Waals surface area contributed by atoms with Crippen LogP contribution in [0.5, 0.6) is 5.75 Å². The van der Waals surface area contributed by atoms with Crippen molar-refractivity contribution in [3.8, 4) is 5.75 Å². The fourth-order valence-corrected chi connectivity index (χ4v) is 5.98. The monoisotopic (exact) mass is 551 g/mol. The molecular weight excluding hydrogens is 521 g/mol. The second kappa shape index (κ2) is 11.1. The van der Waals surface area contributed by atoms with E-state index < -0.39 is 17.6 Å². The van der Waals surface area contributed by atoms with Crippen molar-refractivity contribution in [3.63, 3.8) is 0 Å². The third-order valence-corrected chi connectivity index (χ3v) is 8.05. The van der Waals surface area contributed by atoms with E-state index in [1.54, 1.807) is 18.0 Å². The summed E-state index contributed by atoms with van der Waals surface area (Å²) in [5.74, 6) is 0.238. The fraction of sp³-hybridized carbons (Fsp3) is 0.219. The third-order valence-electron chi connectivity index (χ3n) is 8.05. The van der Waals surface area contributed by atoms with Crippen molar-refractivity contribution in [2.24, 2.45) is 11.8 Å². The number of fused-ring (bicyclic) bond motifs is 1. The van der Waals surface area contributed by atoms with Gasteiger partial charge in [0.25, 0.3) is 0 Å². The van der Waals surface area contributed by atoms with Crippen molar-refractivity contribution < 1.29 is 19.0 Å². The van der Waals surface area contributed by atoms with Gasteiger partial charge in [0.2, 0.25) is 0 Å². The first kappa shape index (κ1) is 26.6. The molecule has 1 saturated carbocycles. The quantitative estimate of drug-likeness (QED) is 0.247. The third kappa shape index (κ3) is 4.43. The van der Waals surface area contributed by atoms with Gasteiger partial charge in [-0.3, -0.25) is 0 Å². The lowest BCUT2D eigenvalue weighted by molar-refractivity contribution is -0.0443. The molecule has 9 heteroatoms. The van der Waals surface area contributed by atoms with Crippen LogP contribution in [-0.4, -0.2) is 44.9 Å². The van der Waals surface area contributed by atoms with E-state index in [1.165, 1.54) is 6.33 Å². The van der Waals surface area contributed by atoms with Crippen molar-refractivity contribution in [1.29, 1.82) is 0 Å².